The molecule has 0 N–H and O–H groups in total. The fraction of sp³-hybridized carbons (Fsp3) is 0.167. The molecule has 0 radical (unpaired) electrons. The Labute approximate surface area is 189 Å². The average molecular weight is 515 g/mol. The van der Waals surface area contributed by atoms with E-state index in [2.05, 4.69) is 113 Å². The Hall–Kier alpha value is -1.37. The van der Waals surface area contributed by atoms with Gasteiger partial charge in [-0.15, -0.1) is 23.5 Å². The van der Waals surface area contributed by atoms with E-state index in [1.54, 1.807) is 0 Å². The van der Waals surface area contributed by atoms with Gasteiger partial charge in [-0.2, -0.15) is 0 Å². The molecule has 1 nitrogen and oxygen atoms in total. The molecule has 0 amide bonds. The van der Waals surface area contributed by atoms with Gasteiger partial charge in [0.05, 0.1) is 11.4 Å². The molecule has 0 bridgehead atoms. The molecular formula is C24H22INS2. The largest absolute Gasteiger partial charge is 0.309 e. The number of fused-ring (bicyclic) bond motifs is 2. The number of nitrogens with zero attached hydrogens (tertiary/aromatic N) is 1. The van der Waals surface area contributed by atoms with Crippen LogP contribution in [-0.2, 0) is 0 Å². The minimum Gasteiger partial charge on any atom is -0.309 e. The highest BCUT2D eigenvalue weighted by Gasteiger charge is 2.28. The molecule has 0 fully saturated rings. The molecule has 142 valence electrons. The molecule has 28 heavy (non-hydrogen) atoms. The van der Waals surface area contributed by atoms with Crippen molar-refractivity contribution in [3.63, 3.8) is 0 Å². The summed E-state index contributed by atoms with van der Waals surface area (Å²) in [5.74, 6) is 1.16. The predicted octanol–water partition coefficient (Wildman–Crippen LogP) is 8.11. The molecule has 0 saturated heterocycles. The quantitative estimate of drug-likeness (QED) is 0.145. The Balaban J connectivity index is 1.94. The number of anilines is 3. The van der Waals surface area contributed by atoms with Gasteiger partial charge in [-0.05, 0) is 42.7 Å². The van der Waals surface area contributed by atoms with Crippen LogP contribution in [0, 0.1) is 0 Å². The molecule has 0 saturated carbocycles. The van der Waals surface area contributed by atoms with Crippen molar-refractivity contribution in [1.29, 1.82) is 0 Å². The van der Waals surface area contributed by atoms with Crippen LogP contribution in [0.4, 0.5) is 17.1 Å². The van der Waals surface area contributed by atoms with Gasteiger partial charge in [-0.3, -0.25) is 0 Å². The van der Waals surface area contributed by atoms with Crippen molar-refractivity contribution in [2.24, 2.45) is 0 Å². The zero-order chi connectivity index (χ0) is 19.3. The number of hydrogen-bond acceptors (Lipinski definition) is 3. The maximum atomic E-state index is 2.47. The van der Waals surface area contributed by atoms with Crippen molar-refractivity contribution >= 4 is 68.7 Å². The first-order valence-electron chi connectivity index (χ1n) is 9.36. The lowest BCUT2D eigenvalue weighted by Gasteiger charge is -2.35. The molecule has 0 unspecified atom stereocenters. The number of hydrogen-bond donors (Lipinski definition) is 0. The summed E-state index contributed by atoms with van der Waals surface area (Å²) >= 11 is 6.34. The maximum absolute atomic E-state index is 2.47. The van der Waals surface area contributed by atoms with Gasteiger partial charge in [-0.1, -0.05) is 77.2 Å². The summed E-state index contributed by atoms with van der Waals surface area (Å²) in [7, 11) is 0. The van der Waals surface area contributed by atoms with E-state index in [4.69, 9.17) is 0 Å². The lowest BCUT2D eigenvalue weighted by atomic mass is 9.91. The predicted molar refractivity (Wildman–Crippen MR) is 137 cm³/mol. The molecule has 3 aromatic carbocycles. The number of alkyl halides is 1. The lowest BCUT2D eigenvalue weighted by Crippen LogP contribution is -2.18. The van der Waals surface area contributed by atoms with Gasteiger partial charge >= 0.3 is 0 Å². The van der Waals surface area contributed by atoms with E-state index >= 15 is 0 Å². The number of halogens is 1. The molecule has 4 heteroatoms. The molecule has 4 rings (SSSR count). The second kappa shape index (κ2) is 9.42. The van der Waals surface area contributed by atoms with E-state index in [0.717, 1.165) is 5.75 Å². The third-order valence-corrected chi connectivity index (χ3v) is 7.89. The van der Waals surface area contributed by atoms with Crippen molar-refractivity contribution in [1.82, 2.24) is 0 Å². The van der Waals surface area contributed by atoms with E-state index in [1.165, 1.54) is 48.8 Å². The second-order valence-electron chi connectivity index (χ2n) is 6.46. The average Bonchev–Trinajstić information content (AvgIpc) is 2.76. The third-order valence-electron chi connectivity index (χ3n) is 4.74. The maximum Gasteiger partial charge on any atom is 0.0541 e. The summed E-state index contributed by atoms with van der Waals surface area (Å²) in [5, 5.41) is 0. The van der Waals surface area contributed by atoms with Crippen molar-refractivity contribution < 1.29 is 0 Å². The minimum atomic E-state index is 1.16. The van der Waals surface area contributed by atoms with Crippen molar-refractivity contribution in [3.8, 4) is 0 Å². The summed E-state index contributed by atoms with van der Waals surface area (Å²) in [4.78, 5) is 2.39. The molecule has 0 aromatic heterocycles. The normalized spacial score (nSPS) is 12.5. The molecular weight excluding hydrogens is 493 g/mol. The Kier molecular flexibility index (Phi) is 6.70. The highest BCUT2D eigenvalue weighted by molar-refractivity contribution is 14.1. The van der Waals surface area contributed by atoms with Crippen LogP contribution in [-0.4, -0.2) is 16.4 Å². The Morgan fingerprint density at radius 2 is 1.39 bits per heavy atom. The fourth-order valence-electron chi connectivity index (χ4n) is 3.56. The van der Waals surface area contributed by atoms with Crippen molar-refractivity contribution in [2.45, 2.75) is 6.42 Å². The van der Waals surface area contributed by atoms with Gasteiger partial charge < -0.3 is 4.90 Å². The number of rotatable bonds is 6. The van der Waals surface area contributed by atoms with Gasteiger partial charge in [-0.25, -0.2) is 0 Å². The van der Waals surface area contributed by atoms with Crippen molar-refractivity contribution in [3.05, 3.63) is 94.2 Å². The van der Waals surface area contributed by atoms with Crippen LogP contribution in [0.1, 0.15) is 17.5 Å². The number of para-hydroxylation sites is 3. The van der Waals surface area contributed by atoms with E-state index in [-0.39, 0.29) is 0 Å². The molecule has 3 aromatic rings. The SMILES string of the molecule is CSC(SCCCI)=C1c2ccccc2N(c2ccccc2)c2ccccc21. The molecule has 1 heterocycles. The zero-order valence-corrected chi connectivity index (χ0v) is 19.6. The summed E-state index contributed by atoms with van der Waals surface area (Å²) in [6, 6.07) is 28.3. The minimum absolute atomic E-state index is 1.16. The Morgan fingerprint density at radius 1 is 0.821 bits per heavy atom. The topological polar surface area (TPSA) is 3.24 Å². The molecule has 0 spiro atoms. The Morgan fingerprint density at radius 3 is 1.96 bits per heavy atom. The monoisotopic (exact) mass is 515 g/mol. The molecule has 0 atom stereocenters. The second-order valence-corrected chi connectivity index (χ2v) is 9.72. The molecule has 1 aliphatic rings. The van der Waals surface area contributed by atoms with Gasteiger partial charge in [0, 0.05) is 31.1 Å². The first kappa shape index (κ1) is 19.9. The first-order valence-corrected chi connectivity index (χ1v) is 13.1. The van der Waals surface area contributed by atoms with Crippen LogP contribution in [0.3, 0.4) is 0 Å². The first-order chi connectivity index (χ1) is 13.8. The Bertz CT molecular complexity index is 935. The lowest BCUT2D eigenvalue weighted by molar-refractivity contribution is 1.15. The van der Waals surface area contributed by atoms with Crippen molar-refractivity contribution in [2.75, 3.05) is 21.3 Å². The van der Waals surface area contributed by atoms with E-state index in [0.29, 0.717) is 0 Å². The summed E-state index contributed by atoms with van der Waals surface area (Å²) in [6.45, 7) is 0. The van der Waals surface area contributed by atoms with Crippen LogP contribution in [0.5, 0.6) is 0 Å². The van der Waals surface area contributed by atoms with E-state index < -0.39 is 0 Å². The van der Waals surface area contributed by atoms with Gasteiger partial charge in [0.1, 0.15) is 0 Å². The summed E-state index contributed by atoms with van der Waals surface area (Å²) < 4.78 is 2.62. The fourth-order valence-corrected chi connectivity index (χ4v) is 6.45. The van der Waals surface area contributed by atoms with Gasteiger partial charge in [0.15, 0.2) is 0 Å². The van der Waals surface area contributed by atoms with E-state index in [9.17, 15) is 0 Å². The third kappa shape index (κ3) is 3.87. The summed E-state index contributed by atoms with van der Waals surface area (Å²) in [6.07, 6.45) is 3.44. The summed E-state index contributed by atoms with van der Waals surface area (Å²) in [5.41, 5.74) is 7.72. The smallest absolute Gasteiger partial charge is 0.0541 e. The highest BCUT2D eigenvalue weighted by atomic mass is 127. The zero-order valence-electron chi connectivity index (χ0n) is 15.8. The van der Waals surface area contributed by atoms with Gasteiger partial charge in [0.25, 0.3) is 0 Å². The van der Waals surface area contributed by atoms with Crippen LogP contribution in [0.15, 0.2) is 83.1 Å². The van der Waals surface area contributed by atoms with Crippen LogP contribution >= 0.6 is 46.1 Å². The van der Waals surface area contributed by atoms with Crippen LogP contribution in [0.2, 0.25) is 0 Å². The highest BCUT2D eigenvalue weighted by Crippen LogP contribution is 2.52. The molecule has 1 aliphatic heterocycles. The van der Waals surface area contributed by atoms with Crippen LogP contribution < -0.4 is 4.90 Å². The van der Waals surface area contributed by atoms with E-state index in [1.807, 2.05) is 23.5 Å². The van der Waals surface area contributed by atoms with Gasteiger partial charge in [0.2, 0.25) is 0 Å². The number of thioether (sulfide) groups is 2. The standard InChI is InChI=1S/C24H22INS2/c1-27-24(28-17-9-16-25)23-19-12-5-7-14-21(19)26(18-10-3-2-4-11-18)22-15-8-6-13-20(22)23/h2-8,10-15H,9,16-17H2,1H3. The number of benzene rings is 3. The van der Waals surface area contributed by atoms with Crippen LogP contribution in [0.25, 0.3) is 5.57 Å². The molecule has 0 aliphatic carbocycles.